The molecule has 0 bridgehead atoms. The second kappa shape index (κ2) is 13.1. The number of aryl methyl sites for hydroxylation is 1. The topological polar surface area (TPSA) is 131 Å². The molecule has 2 saturated heterocycles. The van der Waals surface area contributed by atoms with E-state index in [0.29, 0.717) is 75.5 Å². The van der Waals surface area contributed by atoms with Crippen LogP contribution >= 0.6 is 0 Å². The number of morpholine rings is 2. The van der Waals surface area contributed by atoms with Crippen molar-refractivity contribution in [1.82, 2.24) is 19.8 Å². The summed E-state index contributed by atoms with van der Waals surface area (Å²) in [5, 5.41) is 9.42. The number of hydrogen-bond donors (Lipinski definition) is 1. The van der Waals surface area contributed by atoms with Gasteiger partial charge in [0.05, 0.1) is 26.4 Å². The van der Waals surface area contributed by atoms with Crippen molar-refractivity contribution in [2.24, 2.45) is 0 Å². The summed E-state index contributed by atoms with van der Waals surface area (Å²) in [6.07, 6.45) is 0. The maximum Gasteiger partial charge on any atom is 0.234 e. The van der Waals surface area contributed by atoms with Crippen LogP contribution in [-0.2, 0) is 19.1 Å². The summed E-state index contributed by atoms with van der Waals surface area (Å²) in [4.78, 5) is 37.1. The quantitative estimate of drug-likeness (QED) is 0.385. The Balaban J connectivity index is 0.000000184. The first-order valence-electron chi connectivity index (χ1n) is 13.5. The summed E-state index contributed by atoms with van der Waals surface area (Å²) in [6, 6.07) is 10.5. The summed E-state index contributed by atoms with van der Waals surface area (Å²) < 4.78 is 21.8. The molecule has 2 fully saturated rings. The van der Waals surface area contributed by atoms with Crippen LogP contribution in [0.15, 0.2) is 45.2 Å². The van der Waals surface area contributed by atoms with E-state index >= 15 is 0 Å². The second-order valence-corrected chi connectivity index (χ2v) is 10.0. The second-order valence-electron chi connectivity index (χ2n) is 10.0. The number of rotatable bonds is 4. The van der Waals surface area contributed by atoms with Crippen molar-refractivity contribution in [3.8, 4) is 5.75 Å². The minimum Gasteiger partial charge on any atom is -0.508 e. The number of carbonyl (C=O) groups is 2. The monoisotopic (exact) mass is 566 g/mol. The highest BCUT2D eigenvalue weighted by Gasteiger charge is 2.28. The molecule has 0 spiro atoms. The van der Waals surface area contributed by atoms with Crippen molar-refractivity contribution in [2.75, 3.05) is 52.6 Å². The number of ether oxygens (including phenoxy) is 2. The van der Waals surface area contributed by atoms with Crippen molar-refractivity contribution in [1.29, 1.82) is 0 Å². The Kier molecular flexibility index (Phi) is 9.61. The lowest BCUT2D eigenvalue weighted by Gasteiger charge is -2.28. The predicted octanol–water partition coefficient (Wildman–Crippen LogP) is 4.23. The first-order valence-corrected chi connectivity index (χ1v) is 13.5. The van der Waals surface area contributed by atoms with Crippen molar-refractivity contribution >= 4 is 34.0 Å². The molecule has 2 aliphatic rings. The lowest BCUT2D eigenvalue weighted by atomic mass is 10.1. The van der Waals surface area contributed by atoms with Crippen LogP contribution in [0.3, 0.4) is 0 Å². The molecule has 11 nitrogen and oxygen atoms in total. The molecule has 2 unspecified atom stereocenters. The van der Waals surface area contributed by atoms with Crippen LogP contribution in [0.5, 0.6) is 5.75 Å². The van der Waals surface area contributed by atoms with Crippen LogP contribution in [0.25, 0.3) is 22.2 Å². The highest BCUT2D eigenvalue weighted by Crippen LogP contribution is 2.26. The number of fused-ring (bicyclic) bond motifs is 2. The van der Waals surface area contributed by atoms with Crippen molar-refractivity contribution < 1.29 is 33.0 Å². The molecule has 0 saturated carbocycles. The highest BCUT2D eigenvalue weighted by atomic mass is 16.5. The van der Waals surface area contributed by atoms with E-state index in [2.05, 4.69) is 9.97 Å². The molecule has 2 aliphatic heterocycles. The molecule has 2 aromatic heterocycles. The average molecular weight is 567 g/mol. The van der Waals surface area contributed by atoms with Crippen molar-refractivity contribution in [3.05, 3.63) is 53.7 Å². The SMILES string of the molecule is C.CC(C(=O)N1CCOCC1)c1nc2cc(O)ccc2o1.Cc1ccc2oc(C(C)C(=O)N3CCOCC3)nc2c1. The van der Waals surface area contributed by atoms with Crippen LogP contribution in [0.2, 0.25) is 0 Å². The number of carbonyl (C=O) groups excluding carboxylic acids is 2. The van der Waals surface area contributed by atoms with Gasteiger partial charge in [0.25, 0.3) is 0 Å². The van der Waals surface area contributed by atoms with Gasteiger partial charge in [0, 0.05) is 32.2 Å². The van der Waals surface area contributed by atoms with Crippen molar-refractivity contribution in [2.45, 2.75) is 40.0 Å². The van der Waals surface area contributed by atoms with Crippen LogP contribution in [-0.4, -0.2) is 89.3 Å². The molecule has 6 rings (SSSR count). The van der Waals surface area contributed by atoms with E-state index < -0.39 is 5.92 Å². The summed E-state index contributed by atoms with van der Waals surface area (Å²) in [5.41, 5.74) is 3.79. The normalized spacial score (nSPS) is 17.0. The van der Waals surface area contributed by atoms with E-state index in [0.717, 1.165) is 16.7 Å². The minimum atomic E-state index is -0.442. The lowest BCUT2D eigenvalue weighted by Crippen LogP contribution is -2.42. The Hall–Kier alpha value is -3.96. The largest absolute Gasteiger partial charge is 0.508 e. The minimum absolute atomic E-state index is 0. The zero-order valence-corrected chi connectivity index (χ0v) is 23.0. The molecule has 11 heteroatoms. The van der Waals surface area contributed by atoms with E-state index in [1.807, 2.05) is 36.9 Å². The fraction of sp³-hybridized carbons (Fsp3) is 0.467. The van der Waals surface area contributed by atoms with Gasteiger partial charge in [0.15, 0.2) is 11.2 Å². The van der Waals surface area contributed by atoms with Crippen LogP contribution in [0, 0.1) is 6.92 Å². The number of oxazole rings is 2. The molecule has 4 aromatic rings. The molecule has 2 amide bonds. The molecular weight excluding hydrogens is 528 g/mol. The van der Waals surface area contributed by atoms with E-state index in [1.165, 1.54) is 12.1 Å². The Morgan fingerprint density at radius 2 is 1.20 bits per heavy atom. The van der Waals surface area contributed by atoms with Gasteiger partial charge in [-0.15, -0.1) is 0 Å². The molecule has 41 heavy (non-hydrogen) atoms. The van der Waals surface area contributed by atoms with Crippen molar-refractivity contribution in [3.63, 3.8) is 0 Å². The van der Waals surface area contributed by atoms with E-state index in [9.17, 15) is 14.7 Å². The number of nitrogens with zero attached hydrogens (tertiary/aromatic N) is 4. The number of benzene rings is 2. The van der Waals surface area contributed by atoms with Gasteiger partial charge in [-0.05, 0) is 50.6 Å². The summed E-state index contributed by atoms with van der Waals surface area (Å²) in [6.45, 7) is 10.5. The fourth-order valence-corrected chi connectivity index (χ4v) is 4.69. The zero-order valence-electron chi connectivity index (χ0n) is 23.0. The third-order valence-corrected chi connectivity index (χ3v) is 7.07. The van der Waals surface area contributed by atoms with Gasteiger partial charge in [-0.2, -0.15) is 0 Å². The van der Waals surface area contributed by atoms with E-state index in [4.69, 9.17) is 18.3 Å². The number of aromatic nitrogens is 2. The molecule has 4 heterocycles. The van der Waals surface area contributed by atoms with E-state index in [1.54, 1.807) is 17.9 Å². The Morgan fingerprint density at radius 1 is 0.756 bits per heavy atom. The van der Waals surface area contributed by atoms with Gasteiger partial charge in [0.1, 0.15) is 28.6 Å². The molecule has 2 aromatic carbocycles. The molecular formula is C30H38N4O7. The number of amides is 2. The number of aromatic hydroxyl groups is 1. The molecule has 0 aliphatic carbocycles. The van der Waals surface area contributed by atoms with Crippen LogP contribution < -0.4 is 0 Å². The summed E-state index contributed by atoms with van der Waals surface area (Å²) >= 11 is 0. The number of phenols is 1. The van der Waals surface area contributed by atoms with Gasteiger partial charge in [-0.3, -0.25) is 9.59 Å². The first-order chi connectivity index (χ1) is 19.3. The average Bonchev–Trinajstić information content (AvgIpc) is 3.60. The van der Waals surface area contributed by atoms with Gasteiger partial charge in [0.2, 0.25) is 23.6 Å². The third-order valence-electron chi connectivity index (χ3n) is 7.07. The van der Waals surface area contributed by atoms with Gasteiger partial charge in [-0.25, -0.2) is 9.97 Å². The zero-order chi connectivity index (χ0) is 28.2. The number of phenolic OH excluding ortho intramolecular Hbond substituents is 1. The molecule has 2 atom stereocenters. The Bertz CT molecular complexity index is 1370. The molecule has 220 valence electrons. The van der Waals surface area contributed by atoms with Crippen LogP contribution in [0.4, 0.5) is 0 Å². The van der Waals surface area contributed by atoms with Gasteiger partial charge in [-0.1, -0.05) is 13.5 Å². The Morgan fingerprint density at radius 3 is 1.68 bits per heavy atom. The predicted molar refractivity (Wildman–Crippen MR) is 153 cm³/mol. The number of hydrogen-bond acceptors (Lipinski definition) is 9. The van der Waals surface area contributed by atoms with Gasteiger partial charge >= 0.3 is 0 Å². The molecule has 1 N–H and O–H groups in total. The third kappa shape index (κ3) is 6.86. The lowest BCUT2D eigenvalue weighted by molar-refractivity contribution is -0.137. The molecule has 0 radical (unpaired) electrons. The maximum absolute atomic E-state index is 12.4. The summed E-state index contributed by atoms with van der Waals surface area (Å²) in [7, 11) is 0. The van der Waals surface area contributed by atoms with Gasteiger partial charge < -0.3 is 33.2 Å². The highest BCUT2D eigenvalue weighted by molar-refractivity contribution is 5.84. The van der Waals surface area contributed by atoms with Crippen LogP contribution in [0.1, 0.15) is 50.5 Å². The van der Waals surface area contributed by atoms with E-state index in [-0.39, 0.29) is 30.9 Å². The standard InChI is InChI=1S/C15H18N2O3.C14H16N2O4.CH4/c1-10-3-4-13-12(9-10)16-14(20-13)11(2)15(18)17-5-7-19-8-6-17;1-9(14(18)16-4-6-19-7-5-16)13-15-11-8-10(17)2-3-12(11)20-13;/h3-4,9,11H,5-8H2,1-2H3;2-3,8-9,17H,4-7H2,1H3;1H4. The first kappa shape index (κ1) is 30.0. The smallest absolute Gasteiger partial charge is 0.234 e. The fourth-order valence-electron chi connectivity index (χ4n) is 4.69. The maximum atomic E-state index is 12.4. The Labute approximate surface area is 239 Å². The summed E-state index contributed by atoms with van der Waals surface area (Å²) in [5.74, 6) is 0.234.